The van der Waals surface area contributed by atoms with E-state index in [1.54, 1.807) is 14.0 Å². The van der Waals surface area contributed by atoms with E-state index >= 15 is 0 Å². The zero-order valence-electron chi connectivity index (χ0n) is 16.8. The average molecular weight is 420 g/mol. The van der Waals surface area contributed by atoms with Gasteiger partial charge in [0.25, 0.3) is 5.56 Å². The average Bonchev–Trinajstić information content (AvgIpc) is 3.06. The summed E-state index contributed by atoms with van der Waals surface area (Å²) in [5.74, 6) is -0.566. The lowest BCUT2D eigenvalue weighted by atomic mass is 9.97. The number of esters is 1. The fourth-order valence-corrected chi connectivity index (χ4v) is 4.15. The molecule has 1 unspecified atom stereocenters. The van der Waals surface area contributed by atoms with Crippen LogP contribution in [0.3, 0.4) is 0 Å². The normalized spacial score (nSPS) is 14.2. The molecule has 9 nitrogen and oxygen atoms in total. The number of hydrogen-bond acceptors (Lipinski definition) is 7. The molecule has 2 aromatic rings. The predicted molar refractivity (Wildman–Crippen MR) is 109 cm³/mol. The number of aryl methyl sites for hydroxylation is 2. The summed E-state index contributed by atoms with van der Waals surface area (Å²) in [6.45, 7) is 3.82. The molecule has 0 saturated heterocycles. The second kappa shape index (κ2) is 9.25. The first-order valence-electron chi connectivity index (χ1n) is 9.73. The molecule has 29 heavy (non-hydrogen) atoms. The Labute approximate surface area is 172 Å². The van der Waals surface area contributed by atoms with Gasteiger partial charge in [0, 0.05) is 12.6 Å². The van der Waals surface area contributed by atoms with Gasteiger partial charge in [-0.3, -0.25) is 14.3 Å². The molecule has 10 heteroatoms. The number of H-pyrrole nitrogens is 1. The summed E-state index contributed by atoms with van der Waals surface area (Å²) >= 11 is 1.21. The molecular weight excluding hydrogens is 394 g/mol. The van der Waals surface area contributed by atoms with Crippen LogP contribution in [0.4, 0.5) is 5.82 Å². The van der Waals surface area contributed by atoms with Crippen molar-refractivity contribution in [3.05, 3.63) is 33.4 Å². The number of aromatic nitrogens is 4. The molecule has 0 aliphatic heterocycles. The van der Waals surface area contributed by atoms with Gasteiger partial charge in [-0.15, -0.1) is 0 Å². The van der Waals surface area contributed by atoms with Gasteiger partial charge in [-0.25, -0.2) is 9.78 Å². The number of ether oxygens (including phenoxy) is 1. The zero-order valence-corrected chi connectivity index (χ0v) is 17.6. The van der Waals surface area contributed by atoms with Gasteiger partial charge in [-0.05, 0) is 39.0 Å². The molecule has 3 rings (SSSR count). The SMILES string of the molecule is CCOC(=O)c1cnn(C)c1NC(=O)C(CC)Sc1nc2c(c(=O)[nH]1)CCCC2. The summed E-state index contributed by atoms with van der Waals surface area (Å²) in [5, 5.41) is 6.75. The number of carbonyl (C=O) groups excluding carboxylic acids is 2. The van der Waals surface area contributed by atoms with Crippen LogP contribution in [0.2, 0.25) is 0 Å². The zero-order chi connectivity index (χ0) is 21.0. The first-order chi connectivity index (χ1) is 13.9. The van der Waals surface area contributed by atoms with Crippen LogP contribution >= 0.6 is 11.8 Å². The Bertz CT molecular complexity index is 968. The van der Waals surface area contributed by atoms with Crippen LogP contribution in [-0.4, -0.2) is 43.5 Å². The maximum atomic E-state index is 12.9. The van der Waals surface area contributed by atoms with Gasteiger partial charge in [0.1, 0.15) is 11.4 Å². The summed E-state index contributed by atoms with van der Waals surface area (Å²) in [6, 6.07) is 0. The number of nitrogens with one attached hydrogen (secondary N) is 2. The van der Waals surface area contributed by atoms with Crippen LogP contribution in [0.15, 0.2) is 16.1 Å². The summed E-state index contributed by atoms with van der Waals surface area (Å²) < 4.78 is 6.43. The Morgan fingerprint density at radius 1 is 1.34 bits per heavy atom. The number of hydrogen-bond donors (Lipinski definition) is 2. The van der Waals surface area contributed by atoms with E-state index in [9.17, 15) is 14.4 Å². The van der Waals surface area contributed by atoms with Crippen molar-refractivity contribution in [2.24, 2.45) is 7.05 Å². The van der Waals surface area contributed by atoms with E-state index in [4.69, 9.17) is 4.74 Å². The predicted octanol–water partition coefficient (Wildman–Crippen LogP) is 2.07. The van der Waals surface area contributed by atoms with Gasteiger partial charge in [0.05, 0.1) is 23.7 Å². The first-order valence-corrected chi connectivity index (χ1v) is 10.6. The first kappa shape index (κ1) is 21.1. The molecular formula is C19H25N5O4S. The van der Waals surface area contributed by atoms with Crippen LogP contribution in [0.5, 0.6) is 0 Å². The lowest BCUT2D eigenvalue weighted by Crippen LogP contribution is -2.28. The molecule has 1 atom stereocenters. The molecule has 2 heterocycles. The van der Waals surface area contributed by atoms with Crippen molar-refractivity contribution in [1.29, 1.82) is 0 Å². The van der Waals surface area contributed by atoms with Crippen molar-refractivity contribution in [1.82, 2.24) is 19.7 Å². The molecule has 0 radical (unpaired) electrons. The van der Waals surface area contributed by atoms with Crippen molar-refractivity contribution < 1.29 is 14.3 Å². The number of thioether (sulfide) groups is 1. The summed E-state index contributed by atoms with van der Waals surface area (Å²) in [6.07, 6.45) is 5.43. The van der Waals surface area contributed by atoms with Crippen molar-refractivity contribution in [2.45, 2.75) is 56.4 Å². The van der Waals surface area contributed by atoms with Gasteiger partial charge in [-0.1, -0.05) is 18.7 Å². The Morgan fingerprint density at radius 3 is 2.83 bits per heavy atom. The molecule has 156 valence electrons. The standard InChI is InChI=1S/C19H25N5O4S/c1-4-14(29-19-21-13-9-7-6-8-11(13)16(25)23-19)17(26)22-15-12(10-20-24(15)3)18(27)28-5-2/h10,14H,4-9H2,1-3H3,(H,22,26)(H,21,23,25). The van der Waals surface area contributed by atoms with E-state index in [0.29, 0.717) is 11.6 Å². The highest BCUT2D eigenvalue weighted by molar-refractivity contribution is 8.00. The minimum atomic E-state index is -0.544. The van der Waals surface area contributed by atoms with Crippen LogP contribution in [0.25, 0.3) is 0 Å². The molecule has 1 amide bonds. The number of rotatable bonds is 7. The highest BCUT2D eigenvalue weighted by Crippen LogP contribution is 2.26. The van der Waals surface area contributed by atoms with E-state index in [0.717, 1.165) is 36.9 Å². The van der Waals surface area contributed by atoms with Gasteiger partial charge in [-0.2, -0.15) is 5.10 Å². The second-order valence-electron chi connectivity index (χ2n) is 6.76. The fourth-order valence-electron chi connectivity index (χ4n) is 3.23. The topological polar surface area (TPSA) is 119 Å². The third kappa shape index (κ3) is 4.69. The number of aromatic amines is 1. The minimum Gasteiger partial charge on any atom is -0.462 e. The molecule has 0 fully saturated rings. The fraction of sp³-hybridized carbons (Fsp3) is 0.526. The maximum absolute atomic E-state index is 12.9. The number of anilines is 1. The number of nitrogens with zero attached hydrogens (tertiary/aromatic N) is 3. The molecule has 2 N–H and O–H groups in total. The lowest BCUT2D eigenvalue weighted by molar-refractivity contribution is -0.115. The van der Waals surface area contributed by atoms with E-state index in [2.05, 4.69) is 20.4 Å². The monoisotopic (exact) mass is 419 g/mol. The van der Waals surface area contributed by atoms with Crippen LogP contribution in [-0.2, 0) is 29.4 Å². The highest BCUT2D eigenvalue weighted by atomic mass is 32.2. The van der Waals surface area contributed by atoms with E-state index in [-0.39, 0.29) is 29.5 Å². The molecule has 2 aromatic heterocycles. The van der Waals surface area contributed by atoms with E-state index in [1.165, 1.54) is 22.6 Å². The van der Waals surface area contributed by atoms with Crippen molar-refractivity contribution in [3.63, 3.8) is 0 Å². The number of fused-ring (bicyclic) bond motifs is 1. The highest BCUT2D eigenvalue weighted by Gasteiger charge is 2.25. The second-order valence-corrected chi connectivity index (χ2v) is 7.95. The van der Waals surface area contributed by atoms with E-state index in [1.807, 2.05) is 6.92 Å². The number of carbonyl (C=O) groups is 2. The summed E-state index contributed by atoms with van der Waals surface area (Å²) in [7, 11) is 1.63. The Hall–Kier alpha value is -2.62. The van der Waals surface area contributed by atoms with Crippen molar-refractivity contribution in [3.8, 4) is 0 Å². The molecule has 0 aromatic carbocycles. The van der Waals surface area contributed by atoms with Gasteiger partial charge < -0.3 is 15.0 Å². The third-order valence-corrected chi connectivity index (χ3v) is 6.01. The van der Waals surface area contributed by atoms with Crippen molar-refractivity contribution >= 4 is 29.5 Å². The lowest BCUT2D eigenvalue weighted by Gasteiger charge is -2.17. The summed E-state index contributed by atoms with van der Waals surface area (Å²) in [5.41, 5.74) is 1.66. The molecule has 1 aliphatic carbocycles. The van der Waals surface area contributed by atoms with Gasteiger partial charge in [0.2, 0.25) is 5.91 Å². The van der Waals surface area contributed by atoms with Crippen LogP contribution in [0, 0.1) is 0 Å². The third-order valence-electron chi connectivity index (χ3n) is 4.76. The number of amides is 1. The Kier molecular flexibility index (Phi) is 6.73. The Morgan fingerprint density at radius 2 is 2.10 bits per heavy atom. The van der Waals surface area contributed by atoms with Gasteiger partial charge in [0.15, 0.2) is 5.16 Å². The quantitative estimate of drug-likeness (QED) is 0.400. The smallest absolute Gasteiger partial charge is 0.343 e. The Balaban J connectivity index is 1.77. The van der Waals surface area contributed by atoms with Crippen LogP contribution in [0.1, 0.15) is 54.7 Å². The summed E-state index contributed by atoms with van der Waals surface area (Å²) in [4.78, 5) is 44.6. The maximum Gasteiger partial charge on any atom is 0.343 e. The molecule has 0 saturated carbocycles. The molecule has 0 spiro atoms. The minimum absolute atomic E-state index is 0.122. The molecule has 1 aliphatic rings. The van der Waals surface area contributed by atoms with Crippen molar-refractivity contribution in [2.75, 3.05) is 11.9 Å². The largest absolute Gasteiger partial charge is 0.462 e. The van der Waals surface area contributed by atoms with Gasteiger partial charge >= 0.3 is 5.97 Å². The van der Waals surface area contributed by atoms with Crippen LogP contribution < -0.4 is 10.9 Å². The molecule has 0 bridgehead atoms. The van der Waals surface area contributed by atoms with E-state index < -0.39 is 11.2 Å².